The number of benzene rings is 2. The van der Waals surface area contributed by atoms with Crippen LogP contribution in [0.2, 0.25) is 0 Å². The van der Waals surface area contributed by atoms with Gasteiger partial charge >= 0.3 is 6.18 Å². The first-order valence-corrected chi connectivity index (χ1v) is 11.6. The minimum absolute atomic E-state index is 0.0463. The van der Waals surface area contributed by atoms with Gasteiger partial charge in [0, 0.05) is 25.7 Å². The number of amides is 1. The number of alkyl halides is 3. The lowest BCUT2D eigenvalue weighted by Gasteiger charge is -2.17. The molecule has 0 bridgehead atoms. The van der Waals surface area contributed by atoms with Crippen LogP contribution in [-0.4, -0.2) is 38.7 Å². The number of likely N-dealkylation sites (tertiary alicyclic amines) is 1. The fourth-order valence-corrected chi connectivity index (χ4v) is 4.51. The zero-order chi connectivity index (χ0) is 23.4. The number of nitrogens with zero attached hydrogens (tertiary/aromatic N) is 2. The Balaban J connectivity index is 1.71. The van der Waals surface area contributed by atoms with Crippen molar-refractivity contribution in [3.63, 3.8) is 0 Å². The van der Waals surface area contributed by atoms with Crippen LogP contribution in [0.15, 0.2) is 57.8 Å². The smallest absolute Gasteiger partial charge is 0.362 e. The normalized spacial score (nSPS) is 16.6. The van der Waals surface area contributed by atoms with Crippen LogP contribution in [0.3, 0.4) is 0 Å². The average molecular weight is 468 g/mol. The quantitative estimate of drug-likeness (QED) is 0.703. The van der Waals surface area contributed by atoms with Crippen molar-refractivity contribution >= 4 is 27.5 Å². The SMILES string of the molecule is CN1CCCCC/C1=N\S(=O)(=O)c1cccc(NC(=O)Cc2ccc(C(F)(F)F)cc2)c1. The second kappa shape index (κ2) is 9.72. The van der Waals surface area contributed by atoms with Gasteiger partial charge in [-0.2, -0.15) is 21.6 Å². The van der Waals surface area contributed by atoms with Crippen LogP contribution in [0.5, 0.6) is 0 Å². The van der Waals surface area contributed by atoms with Crippen LogP contribution in [0.4, 0.5) is 18.9 Å². The summed E-state index contributed by atoms with van der Waals surface area (Å²) in [6.07, 6.45) is -1.14. The molecule has 3 rings (SSSR count). The van der Waals surface area contributed by atoms with Gasteiger partial charge in [0.25, 0.3) is 10.0 Å². The van der Waals surface area contributed by atoms with E-state index in [1.807, 2.05) is 11.9 Å². The van der Waals surface area contributed by atoms with Crippen LogP contribution in [0, 0.1) is 0 Å². The first-order valence-electron chi connectivity index (χ1n) is 10.2. The number of halogens is 3. The van der Waals surface area contributed by atoms with E-state index in [-0.39, 0.29) is 17.0 Å². The van der Waals surface area contributed by atoms with E-state index >= 15 is 0 Å². The maximum absolute atomic E-state index is 12.8. The van der Waals surface area contributed by atoms with E-state index in [0.29, 0.717) is 17.8 Å². The van der Waals surface area contributed by atoms with E-state index in [4.69, 9.17) is 0 Å². The average Bonchev–Trinajstić information content (AvgIpc) is 2.92. The van der Waals surface area contributed by atoms with Crippen molar-refractivity contribution < 1.29 is 26.4 Å². The predicted molar refractivity (Wildman–Crippen MR) is 116 cm³/mol. The number of carbonyl (C=O) groups is 1. The summed E-state index contributed by atoms with van der Waals surface area (Å²) in [5.74, 6) is 0.0355. The van der Waals surface area contributed by atoms with E-state index in [0.717, 1.165) is 37.9 Å². The Morgan fingerprint density at radius 1 is 1.09 bits per heavy atom. The molecule has 32 heavy (non-hydrogen) atoms. The molecule has 0 atom stereocenters. The van der Waals surface area contributed by atoms with Gasteiger partial charge in [-0.1, -0.05) is 24.6 Å². The standard InChI is InChI=1S/C22H24F3N3O3S/c1-28-13-4-2-3-8-20(28)27-32(30,31)19-7-5-6-18(15-19)26-21(29)14-16-9-11-17(12-10-16)22(23,24)25/h5-7,9-12,15H,2-4,8,13-14H2,1H3,(H,26,29)/b27-20+. The van der Waals surface area contributed by atoms with E-state index in [2.05, 4.69) is 9.71 Å². The Morgan fingerprint density at radius 3 is 2.50 bits per heavy atom. The number of hydrogen-bond donors (Lipinski definition) is 1. The molecule has 1 fully saturated rings. The molecule has 0 spiro atoms. The molecule has 1 N–H and O–H groups in total. The van der Waals surface area contributed by atoms with Crippen LogP contribution in [-0.2, 0) is 27.4 Å². The van der Waals surface area contributed by atoms with Gasteiger partial charge in [-0.25, -0.2) is 0 Å². The summed E-state index contributed by atoms with van der Waals surface area (Å²) >= 11 is 0. The Labute approximate surface area is 185 Å². The minimum atomic E-state index is -4.44. The molecule has 172 valence electrons. The highest BCUT2D eigenvalue weighted by Crippen LogP contribution is 2.29. The number of hydrogen-bond acceptors (Lipinski definition) is 3. The second-order valence-corrected chi connectivity index (χ2v) is 9.27. The van der Waals surface area contributed by atoms with Crippen molar-refractivity contribution in [2.75, 3.05) is 18.9 Å². The molecular formula is C22H24F3N3O3S. The fourth-order valence-electron chi connectivity index (χ4n) is 3.37. The van der Waals surface area contributed by atoms with Gasteiger partial charge in [-0.3, -0.25) is 4.79 Å². The number of rotatable bonds is 5. The second-order valence-electron chi connectivity index (χ2n) is 7.66. The van der Waals surface area contributed by atoms with Crippen molar-refractivity contribution in [3.05, 3.63) is 59.7 Å². The van der Waals surface area contributed by atoms with E-state index in [1.54, 1.807) is 0 Å². The molecule has 0 radical (unpaired) electrons. The van der Waals surface area contributed by atoms with E-state index < -0.39 is 27.7 Å². The van der Waals surface area contributed by atoms with E-state index in [9.17, 15) is 26.4 Å². The summed E-state index contributed by atoms with van der Waals surface area (Å²) in [4.78, 5) is 14.1. The van der Waals surface area contributed by atoms with Crippen molar-refractivity contribution in [2.45, 2.75) is 43.2 Å². The van der Waals surface area contributed by atoms with Crippen molar-refractivity contribution in [3.8, 4) is 0 Å². The van der Waals surface area contributed by atoms with Crippen molar-refractivity contribution in [1.82, 2.24) is 4.90 Å². The highest BCUT2D eigenvalue weighted by molar-refractivity contribution is 7.90. The predicted octanol–water partition coefficient (Wildman–Crippen LogP) is 4.48. The lowest BCUT2D eigenvalue weighted by Crippen LogP contribution is -2.26. The third-order valence-corrected chi connectivity index (χ3v) is 6.42. The van der Waals surface area contributed by atoms with Crippen molar-refractivity contribution in [2.24, 2.45) is 4.40 Å². The van der Waals surface area contributed by atoms with Gasteiger partial charge < -0.3 is 10.2 Å². The number of anilines is 1. The maximum atomic E-state index is 12.8. The molecule has 1 saturated heterocycles. The van der Waals surface area contributed by atoms with Crippen LogP contribution in [0.25, 0.3) is 0 Å². The molecule has 0 aliphatic carbocycles. The van der Waals surface area contributed by atoms with Gasteiger partial charge in [0.2, 0.25) is 5.91 Å². The molecule has 2 aromatic carbocycles. The Morgan fingerprint density at radius 2 is 1.81 bits per heavy atom. The molecule has 0 saturated carbocycles. The van der Waals surface area contributed by atoms with Crippen LogP contribution in [0.1, 0.15) is 36.8 Å². The monoisotopic (exact) mass is 467 g/mol. The number of amidine groups is 1. The van der Waals surface area contributed by atoms with Gasteiger partial charge in [0.1, 0.15) is 5.84 Å². The fraction of sp³-hybridized carbons (Fsp3) is 0.364. The molecule has 1 aliphatic heterocycles. The highest BCUT2D eigenvalue weighted by Gasteiger charge is 2.30. The minimum Gasteiger partial charge on any atom is -0.362 e. The topological polar surface area (TPSA) is 78.8 Å². The molecule has 1 heterocycles. The zero-order valence-corrected chi connectivity index (χ0v) is 18.3. The summed E-state index contributed by atoms with van der Waals surface area (Å²) in [5, 5.41) is 2.59. The van der Waals surface area contributed by atoms with Crippen LogP contribution >= 0.6 is 0 Å². The molecule has 6 nitrogen and oxygen atoms in total. The van der Waals surface area contributed by atoms with Crippen molar-refractivity contribution in [1.29, 1.82) is 0 Å². The lowest BCUT2D eigenvalue weighted by atomic mass is 10.1. The van der Waals surface area contributed by atoms with Gasteiger partial charge in [0.05, 0.1) is 16.9 Å². The molecule has 1 amide bonds. The molecule has 2 aromatic rings. The maximum Gasteiger partial charge on any atom is 0.416 e. The van der Waals surface area contributed by atoms with E-state index in [1.165, 1.54) is 36.4 Å². The summed E-state index contributed by atoms with van der Waals surface area (Å²) in [6.45, 7) is 0.744. The Kier molecular flexibility index (Phi) is 7.22. The van der Waals surface area contributed by atoms with Crippen LogP contribution < -0.4 is 5.32 Å². The highest BCUT2D eigenvalue weighted by atomic mass is 32.2. The first-order chi connectivity index (χ1) is 15.0. The summed E-state index contributed by atoms with van der Waals surface area (Å²) in [7, 11) is -2.14. The number of carbonyl (C=O) groups excluding carboxylic acids is 1. The molecule has 0 unspecified atom stereocenters. The number of sulfonamides is 1. The Bertz CT molecular complexity index is 1100. The Hall–Kier alpha value is -2.88. The molecule has 0 aromatic heterocycles. The largest absolute Gasteiger partial charge is 0.416 e. The van der Waals surface area contributed by atoms with Gasteiger partial charge in [-0.15, -0.1) is 4.40 Å². The first kappa shape index (κ1) is 23.8. The van der Waals surface area contributed by atoms with Gasteiger partial charge in [-0.05, 0) is 48.7 Å². The summed E-state index contributed by atoms with van der Waals surface area (Å²) < 4.78 is 67.5. The molecule has 10 heteroatoms. The molecular weight excluding hydrogens is 443 g/mol. The van der Waals surface area contributed by atoms with Gasteiger partial charge in [0.15, 0.2) is 0 Å². The number of nitrogens with one attached hydrogen (secondary N) is 1. The summed E-state index contributed by atoms with van der Waals surface area (Å²) in [5.41, 5.74) is -0.125. The summed E-state index contributed by atoms with van der Waals surface area (Å²) in [6, 6.07) is 10.1. The molecule has 1 aliphatic rings. The zero-order valence-electron chi connectivity index (χ0n) is 17.5. The lowest BCUT2D eigenvalue weighted by molar-refractivity contribution is -0.137. The third kappa shape index (κ3) is 6.32. The third-order valence-electron chi connectivity index (χ3n) is 5.12.